The van der Waals surface area contributed by atoms with E-state index in [1.165, 1.54) is 6.11 Å². The summed E-state index contributed by atoms with van der Waals surface area (Å²) in [6, 6.07) is 0. The Hall–Kier alpha value is -1.70. The fraction of sp³-hybridized carbons (Fsp3) is 0.200. The first-order chi connectivity index (χ1) is 4.68. The first-order valence-corrected chi connectivity index (χ1v) is 2.20. The van der Waals surface area contributed by atoms with Gasteiger partial charge < -0.3 is 14.9 Å². The first-order valence-electron chi connectivity index (χ1n) is 2.20. The van der Waals surface area contributed by atoms with Crippen LogP contribution in [0.2, 0.25) is 0 Å². The van der Waals surface area contributed by atoms with Crippen LogP contribution in [0.3, 0.4) is 0 Å². The maximum absolute atomic E-state index is 10.0. The number of ether oxygens (including phenoxy) is 1. The summed E-state index contributed by atoms with van der Waals surface area (Å²) in [7, 11) is 0. The molecule has 0 radical (unpaired) electrons. The highest BCUT2D eigenvalue weighted by molar-refractivity contribution is 6.28. The second kappa shape index (κ2) is 4.21. The zero-order chi connectivity index (χ0) is 7.98. The molecule has 0 fully saturated rings. The lowest BCUT2D eigenvalue weighted by atomic mass is 10.7. The Labute approximate surface area is 56.2 Å². The summed E-state index contributed by atoms with van der Waals surface area (Å²) in [6.45, 7) is -0.415. The van der Waals surface area contributed by atoms with E-state index in [9.17, 15) is 9.59 Å². The molecule has 0 unspecified atom stereocenters. The Balaban J connectivity index is 3.57. The van der Waals surface area contributed by atoms with Crippen LogP contribution in [0.4, 0.5) is 0 Å². The molecule has 0 bridgehead atoms. The van der Waals surface area contributed by atoms with Crippen LogP contribution in [0, 0.1) is 12.0 Å². The van der Waals surface area contributed by atoms with Gasteiger partial charge in [0, 0.05) is 0 Å². The minimum atomic E-state index is -1.68. The molecule has 0 saturated carbocycles. The average Bonchev–Trinajstić information content (AvgIpc) is 1.88. The molecule has 0 aliphatic rings. The van der Waals surface area contributed by atoms with Crippen LogP contribution < -0.4 is 0 Å². The fourth-order valence-corrected chi connectivity index (χ4v) is 0.196. The molecule has 0 atom stereocenters. The third kappa shape index (κ3) is 3.32. The normalized spacial score (nSPS) is 7.20. The molecule has 0 aromatic rings. The number of aliphatic carboxylic acids is 1. The molecular formula is C5H4O5. The number of aliphatic hydroxyl groups is 1. The Morgan fingerprint density at radius 3 is 2.50 bits per heavy atom. The standard InChI is InChI=1S/C5H4O5/c6-2-1-3-10-5(9)4(7)8/h6H,3H2,(H,7,8). The van der Waals surface area contributed by atoms with Crippen molar-refractivity contribution >= 4 is 11.9 Å². The van der Waals surface area contributed by atoms with Crippen LogP contribution in [-0.4, -0.2) is 28.8 Å². The maximum Gasteiger partial charge on any atom is 0.418 e. The van der Waals surface area contributed by atoms with Gasteiger partial charge in [0.25, 0.3) is 0 Å². The van der Waals surface area contributed by atoms with Gasteiger partial charge in [0.15, 0.2) is 6.61 Å². The van der Waals surface area contributed by atoms with E-state index in [4.69, 9.17) is 10.2 Å². The number of carboxylic acids is 1. The lowest BCUT2D eigenvalue weighted by Gasteiger charge is -1.91. The molecule has 0 aromatic carbocycles. The molecule has 0 aliphatic heterocycles. The lowest BCUT2D eigenvalue weighted by Crippen LogP contribution is -2.16. The van der Waals surface area contributed by atoms with Crippen molar-refractivity contribution in [2.45, 2.75) is 0 Å². The molecule has 0 aromatic heterocycles. The summed E-state index contributed by atoms with van der Waals surface area (Å²) >= 11 is 0. The monoisotopic (exact) mass is 144 g/mol. The molecule has 54 valence electrons. The van der Waals surface area contributed by atoms with Crippen LogP contribution in [0.15, 0.2) is 0 Å². The van der Waals surface area contributed by atoms with Crippen molar-refractivity contribution in [1.29, 1.82) is 0 Å². The quantitative estimate of drug-likeness (QED) is 0.278. The van der Waals surface area contributed by atoms with Crippen molar-refractivity contribution < 1.29 is 24.5 Å². The number of rotatable bonds is 1. The molecule has 0 heterocycles. The van der Waals surface area contributed by atoms with Crippen molar-refractivity contribution in [3.05, 3.63) is 0 Å². The summed E-state index contributed by atoms with van der Waals surface area (Å²) in [5.41, 5.74) is 0. The summed E-state index contributed by atoms with van der Waals surface area (Å²) in [6.07, 6.45) is 1.44. The van der Waals surface area contributed by atoms with E-state index < -0.39 is 18.5 Å². The number of aliphatic hydroxyl groups excluding tert-OH is 1. The van der Waals surface area contributed by atoms with E-state index in [1.807, 2.05) is 5.92 Å². The van der Waals surface area contributed by atoms with Crippen molar-refractivity contribution in [1.82, 2.24) is 0 Å². The SMILES string of the molecule is O=C(O)C(=O)OCC#CO. The molecule has 5 nitrogen and oxygen atoms in total. The van der Waals surface area contributed by atoms with E-state index in [2.05, 4.69) is 4.74 Å². The Morgan fingerprint density at radius 1 is 1.50 bits per heavy atom. The van der Waals surface area contributed by atoms with Crippen molar-refractivity contribution in [3.8, 4) is 12.0 Å². The molecule has 2 N–H and O–H groups in total. The first kappa shape index (κ1) is 8.30. The van der Waals surface area contributed by atoms with Crippen molar-refractivity contribution in [2.24, 2.45) is 0 Å². The van der Waals surface area contributed by atoms with Crippen LogP contribution in [0.25, 0.3) is 0 Å². The van der Waals surface area contributed by atoms with Gasteiger partial charge in [-0.3, -0.25) is 0 Å². The van der Waals surface area contributed by atoms with E-state index in [1.54, 1.807) is 0 Å². The van der Waals surface area contributed by atoms with Gasteiger partial charge in [0.2, 0.25) is 0 Å². The number of carbonyl (C=O) groups is 2. The molecule has 5 heteroatoms. The van der Waals surface area contributed by atoms with Gasteiger partial charge in [0.1, 0.15) is 6.11 Å². The van der Waals surface area contributed by atoms with Crippen LogP contribution in [0.5, 0.6) is 0 Å². The van der Waals surface area contributed by atoms with E-state index in [0.29, 0.717) is 0 Å². The summed E-state index contributed by atoms with van der Waals surface area (Å²) in [4.78, 5) is 19.8. The van der Waals surface area contributed by atoms with Gasteiger partial charge in [-0.25, -0.2) is 9.59 Å². The summed E-state index contributed by atoms with van der Waals surface area (Å²) in [5, 5.41) is 15.7. The predicted octanol–water partition coefficient (Wildman–Crippen LogP) is -1.05. The molecule has 0 aliphatic carbocycles. The molecule has 0 saturated heterocycles. The largest absolute Gasteiger partial charge is 0.473 e. The number of carboxylic acid groups (broad SMARTS) is 1. The van der Waals surface area contributed by atoms with Crippen molar-refractivity contribution in [2.75, 3.05) is 6.61 Å². The number of hydrogen-bond donors (Lipinski definition) is 2. The molecule has 0 rings (SSSR count). The highest BCUT2D eigenvalue weighted by Gasteiger charge is 2.10. The van der Waals surface area contributed by atoms with Crippen LogP contribution >= 0.6 is 0 Å². The maximum atomic E-state index is 10.0. The zero-order valence-corrected chi connectivity index (χ0v) is 4.83. The van der Waals surface area contributed by atoms with Gasteiger partial charge in [0.05, 0.1) is 0 Å². The Kier molecular flexibility index (Phi) is 3.49. The zero-order valence-electron chi connectivity index (χ0n) is 4.83. The van der Waals surface area contributed by atoms with Gasteiger partial charge in [-0.05, 0) is 5.92 Å². The number of carbonyl (C=O) groups excluding carboxylic acids is 1. The molecule has 0 amide bonds. The third-order valence-electron chi connectivity index (χ3n) is 0.529. The van der Waals surface area contributed by atoms with Crippen LogP contribution in [0.1, 0.15) is 0 Å². The number of hydrogen-bond acceptors (Lipinski definition) is 4. The minimum absolute atomic E-state index is 0.415. The molecule has 0 spiro atoms. The topological polar surface area (TPSA) is 83.8 Å². The Morgan fingerprint density at radius 2 is 2.10 bits per heavy atom. The van der Waals surface area contributed by atoms with Gasteiger partial charge in [-0.1, -0.05) is 0 Å². The second-order valence-corrected chi connectivity index (χ2v) is 1.17. The van der Waals surface area contributed by atoms with E-state index in [-0.39, 0.29) is 0 Å². The van der Waals surface area contributed by atoms with Crippen molar-refractivity contribution in [3.63, 3.8) is 0 Å². The van der Waals surface area contributed by atoms with Gasteiger partial charge in [-0.15, -0.1) is 0 Å². The highest BCUT2D eigenvalue weighted by Crippen LogP contribution is 1.75. The highest BCUT2D eigenvalue weighted by atomic mass is 16.6. The fourth-order valence-electron chi connectivity index (χ4n) is 0.196. The predicted molar refractivity (Wildman–Crippen MR) is 28.3 cm³/mol. The summed E-state index contributed by atoms with van der Waals surface area (Å²) < 4.78 is 3.97. The van der Waals surface area contributed by atoms with E-state index in [0.717, 1.165) is 0 Å². The van der Waals surface area contributed by atoms with Crippen LogP contribution in [-0.2, 0) is 14.3 Å². The summed E-state index contributed by atoms with van der Waals surface area (Å²) in [5.74, 6) is -1.13. The van der Waals surface area contributed by atoms with Gasteiger partial charge >= 0.3 is 11.9 Å². The smallest absolute Gasteiger partial charge is 0.418 e. The molecular weight excluding hydrogens is 140 g/mol. The second-order valence-electron chi connectivity index (χ2n) is 1.17. The van der Waals surface area contributed by atoms with Gasteiger partial charge in [-0.2, -0.15) is 0 Å². The lowest BCUT2D eigenvalue weighted by molar-refractivity contribution is -0.162. The molecule has 10 heavy (non-hydrogen) atoms. The Bertz CT molecular complexity index is 196. The number of esters is 1. The average molecular weight is 144 g/mol. The third-order valence-corrected chi connectivity index (χ3v) is 0.529. The minimum Gasteiger partial charge on any atom is -0.473 e. The van der Waals surface area contributed by atoms with E-state index >= 15 is 0 Å².